The summed E-state index contributed by atoms with van der Waals surface area (Å²) in [5.74, 6) is -0.418. The van der Waals surface area contributed by atoms with E-state index in [0.717, 1.165) is 6.42 Å². The number of hydrogen-bond donors (Lipinski definition) is 0. The summed E-state index contributed by atoms with van der Waals surface area (Å²) in [6, 6.07) is 10.9. The van der Waals surface area contributed by atoms with Crippen LogP contribution in [0.25, 0.3) is 0 Å². The molecular weight excluding hydrogens is 276 g/mol. The fraction of sp³-hybridized carbons (Fsp3) is 0.389. The van der Waals surface area contributed by atoms with Gasteiger partial charge in [-0.15, -0.1) is 6.58 Å². The first kappa shape index (κ1) is 16.0. The first-order valence-corrected chi connectivity index (χ1v) is 7.54. The molecule has 2 amide bonds. The van der Waals surface area contributed by atoms with Gasteiger partial charge in [-0.25, -0.2) is 0 Å². The Hall–Kier alpha value is -2.41. The Kier molecular flexibility index (Phi) is 5.11. The highest BCUT2D eigenvalue weighted by Crippen LogP contribution is 2.39. The zero-order valence-corrected chi connectivity index (χ0v) is 12.6. The lowest BCUT2D eigenvalue weighted by Gasteiger charge is -2.40. The Bertz CT molecular complexity index is 603. The van der Waals surface area contributed by atoms with Gasteiger partial charge in [-0.3, -0.25) is 14.5 Å². The monoisotopic (exact) mass is 296 g/mol. The summed E-state index contributed by atoms with van der Waals surface area (Å²) in [7, 11) is 0. The summed E-state index contributed by atoms with van der Waals surface area (Å²) in [5, 5.41) is 8.85. The Morgan fingerprint density at radius 1 is 1.41 bits per heavy atom. The third-order valence-corrected chi connectivity index (χ3v) is 4.25. The Morgan fingerprint density at radius 3 is 2.77 bits per heavy atom. The van der Waals surface area contributed by atoms with Gasteiger partial charge in [0.15, 0.2) is 0 Å². The number of hydrogen-bond acceptors (Lipinski definition) is 3. The zero-order chi connectivity index (χ0) is 16.0. The molecule has 1 heterocycles. The van der Waals surface area contributed by atoms with E-state index >= 15 is 0 Å². The largest absolute Gasteiger partial charge is 0.278 e. The fourth-order valence-electron chi connectivity index (χ4n) is 3.10. The van der Waals surface area contributed by atoms with Gasteiger partial charge >= 0.3 is 0 Å². The van der Waals surface area contributed by atoms with E-state index in [1.165, 1.54) is 4.90 Å². The van der Waals surface area contributed by atoms with Crippen molar-refractivity contribution in [3.63, 3.8) is 0 Å². The molecule has 0 spiro atoms. The summed E-state index contributed by atoms with van der Waals surface area (Å²) in [6.07, 6.45) is 4.49. The average molecular weight is 296 g/mol. The van der Waals surface area contributed by atoms with Crippen molar-refractivity contribution >= 4 is 11.8 Å². The highest BCUT2D eigenvalue weighted by Gasteiger charge is 2.44. The van der Waals surface area contributed by atoms with Gasteiger partial charge in [-0.1, -0.05) is 24.3 Å². The minimum Gasteiger partial charge on any atom is -0.278 e. The normalized spacial score (nSPS) is 21.2. The van der Waals surface area contributed by atoms with Gasteiger partial charge in [0.05, 0.1) is 11.5 Å². The quantitative estimate of drug-likeness (QED) is 0.618. The average Bonchev–Trinajstić information content (AvgIpc) is 2.56. The number of carbonyl (C=O) groups excluding carboxylic acids is 2. The molecule has 1 unspecified atom stereocenters. The first-order valence-electron chi connectivity index (χ1n) is 7.54. The number of nitrogens with zero attached hydrogens (tertiary/aromatic N) is 2. The second-order valence-corrected chi connectivity index (χ2v) is 5.66. The number of benzene rings is 1. The number of carbonyl (C=O) groups is 2. The minimum absolute atomic E-state index is 0.164. The highest BCUT2D eigenvalue weighted by molar-refractivity contribution is 6.06. The molecule has 1 aromatic rings. The van der Waals surface area contributed by atoms with E-state index in [1.54, 1.807) is 30.3 Å². The molecule has 1 aromatic carbocycles. The molecule has 4 nitrogen and oxygen atoms in total. The molecule has 114 valence electrons. The van der Waals surface area contributed by atoms with Crippen LogP contribution in [0.5, 0.6) is 0 Å². The molecule has 4 heteroatoms. The predicted molar refractivity (Wildman–Crippen MR) is 83.8 cm³/mol. The molecule has 0 saturated carbocycles. The Morgan fingerprint density at radius 2 is 2.14 bits per heavy atom. The predicted octanol–water partition coefficient (Wildman–Crippen LogP) is 3.32. The van der Waals surface area contributed by atoms with E-state index in [9.17, 15) is 9.59 Å². The van der Waals surface area contributed by atoms with Gasteiger partial charge in [-0.05, 0) is 37.8 Å². The Labute approximate surface area is 131 Å². The van der Waals surface area contributed by atoms with Crippen LogP contribution in [-0.2, 0) is 4.79 Å². The van der Waals surface area contributed by atoms with Crippen LogP contribution in [0, 0.1) is 16.7 Å². The first-order chi connectivity index (χ1) is 10.6. The molecule has 1 aliphatic rings. The lowest BCUT2D eigenvalue weighted by molar-refractivity contribution is -0.143. The molecule has 1 atom stereocenters. The molecule has 1 fully saturated rings. The molecule has 0 aromatic heterocycles. The summed E-state index contributed by atoms with van der Waals surface area (Å²) >= 11 is 0. The number of rotatable bonds is 5. The van der Waals surface area contributed by atoms with Crippen LogP contribution in [0.2, 0.25) is 0 Å². The number of nitriles is 1. The van der Waals surface area contributed by atoms with Gasteiger partial charge in [0.25, 0.3) is 5.91 Å². The SMILES string of the molecule is C=CCC1(CCC#N)CCCN(C(=O)c2ccccc2)C1=O. The van der Waals surface area contributed by atoms with E-state index < -0.39 is 5.41 Å². The summed E-state index contributed by atoms with van der Waals surface area (Å²) < 4.78 is 0. The van der Waals surface area contributed by atoms with Crippen LogP contribution in [0.15, 0.2) is 43.0 Å². The maximum atomic E-state index is 12.9. The third kappa shape index (κ3) is 3.09. The van der Waals surface area contributed by atoms with Crippen LogP contribution in [-0.4, -0.2) is 23.3 Å². The molecule has 1 saturated heterocycles. The lowest BCUT2D eigenvalue weighted by Crippen LogP contribution is -2.51. The second kappa shape index (κ2) is 7.04. The molecule has 22 heavy (non-hydrogen) atoms. The minimum atomic E-state index is -0.653. The third-order valence-electron chi connectivity index (χ3n) is 4.25. The van der Waals surface area contributed by atoms with Crippen molar-refractivity contribution in [2.75, 3.05) is 6.54 Å². The van der Waals surface area contributed by atoms with Crippen molar-refractivity contribution in [1.82, 2.24) is 4.90 Å². The maximum Gasteiger partial charge on any atom is 0.260 e. The van der Waals surface area contributed by atoms with E-state index in [1.807, 2.05) is 6.07 Å². The van der Waals surface area contributed by atoms with Gasteiger partial charge in [0.2, 0.25) is 5.91 Å². The van der Waals surface area contributed by atoms with Crippen LogP contribution in [0.1, 0.15) is 42.5 Å². The molecule has 2 rings (SSSR count). The topological polar surface area (TPSA) is 61.2 Å². The van der Waals surface area contributed by atoms with Crippen molar-refractivity contribution in [3.8, 4) is 6.07 Å². The van der Waals surface area contributed by atoms with Crippen molar-refractivity contribution in [3.05, 3.63) is 48.6 Å². The molecule has 0 bridgehead atoms. The molecular formula is C18H20N2O2. The van der Waals surface area contributed by atoms with Crippen molar-refractivity contribution in [1.29, 1.82) is 5.26 Å². The molecule has 0 N–H and O–H groups in total. The van der Waals surface area contributed by atoms with Crippen LogP contribution >= 0.6 is 0 Å². The standard InChI is InChI=1S/C18H20N2O2/c1-2-10-18(11-6-13-19)12-7-14-20(17(18)22)16(21)15-8-4-3-5-9-15/h2-5,8-9H,1,6-7,10-12,14H2. The molecule has 0 aliphatic carbocycles. The van der Waals surface area contributed by atoms with Gasteiger partial charge < -0.3 is 0 Å². The zero-order valence-electron chi connectivity index (χ0n) is 12.6. The second-order valence-electron chi connectivity index (χ2n) is 5.66. The van der Waals surface area contributed by atoms with Crippen LogP contribution in [0.4, 0.5) is 0 Å². The van der Waals surface area contributed by atoms with E-state index in [0.29, 0.717) is 37.8 Å². The summed E-state index contributed by atoms with van der Waals surface area (Å²) in [5.41, 5.74) is -0.134. The maximum absolute atomic E-state index is 12.9. The van der Waals surface area contributed by atoms with Crippen molar-refractivity contribution in [2.45, 2.75) is 32.1 Å². The van der Waals surface area contributed by atoms with Gasteiger partial charge in [-0.2, -0.15) is 5.26 Å². The number of likely N-dealkylation sites (tertiary alicyclic amines) is 1. The summed E-state index contributed by atoms with van der Waals surface area (Å²) in [4.78, 5) is 26.8. The molecule has 1 aliphatic heterocycles. The number of amides is 2. The van der Waals surface area contributed by atoms with Crippen LogP contribution < -0.4 is 0 Å². The molecule has 0 radical (unpaired) electrons. The number of allylic oxidation sites excluding steroid dienone is 1. The van der Waals surface area contributed by atoms with E-state index in [-0.39, 0.29) is 11.8 Å². The number of imide groups is 1. The van der Waals surface area contributed by atoms with Crippen molar-refractivity contribution < 1.29 is 9.59 Å². The van der Waals surface area contributed by atoms with E-state index in [2.05, 4.69) is 12.6 Å². The Balaban J connectivity index is 2.26. The van der Waals surface area contributed by atoms with Gasteiger partial charge in [0, 0.05) is 18.5 Å². The van der Waals surface area contributed by atoms with Crippen molar-refractivity contribution in [2.24, 2.45) is 5.41 Å². The smallest absolute Gasteiger partial charge is 0.260 e. The van der Waals surface area contributed by atoms with Gasteiger partial charge in [0.1, 0.15) is 0 Å². The fourth-order valence-corrected chi connectivity index (χ4v) is 3.10. The van der Waals surface area contributed by atoms with E-state index in [4.69, 9.17) is 5.26 Å². The number of piperidine rings is 1. The summed E-state index contributed by atoms with van der Waals surface area (Å²) in [6.45, 7) is 4.17. The lowest BCUT2D eigenvalue weighted by atomic mass is 9.73. The highest BCUT2D eigenvalue weighted by atomic mass is 16.2. The van der Waals surface area contributed by atoms with Crippen LogP contribution in [0.3, 0.4) is 0 Å².